The molecule has 3 rings (SSSR count). The van der Waals surface area contributed by atoms with Gasteiger partial charge in [-0.2, -0.15) is 5.10 Å². The molecule has 1 N–H and O–H groups in total. The summed E-state index contributed by atoms with van der Waals surface area (Å²) in [4.78, 5) is 0. The fourth-order valence-corrected chi connectivity index (χ4v) is 3.13. The predicted octanol–water partition coefficient (Wildman–Crippen LogP) is 2.83. The van der Waals surface area contributed by atoms with Crippen LogP contribution < -0.4 is 5.32 Å². The quantitative estimate of drug-likeness (QED) is 0.942. The third-order valence-corrected chi connectivity index (χ3v) is 4.38. The van der Waals surface area contributed by atoms with E-state index in [-0.39, 0.29) is 0 Å². The van der Waals surface area contributed by atoms with Gasteiger partial charge in [-0.15, -0.1) is 0 Å². The topological polar surface area (TPSA) is 29.9 Å². The molecule has 1 aromatic heterocycles. The number of nitrogens with one attached hydrogen (secondary N) is 1. The number of hydrogen-bond donors (Lipinski definition) is 1. The van der Waals surface area contributed by atoms with Gasteiger partial charge in [0.25, 0.3) is 0 Å². The van der Waals surface area contributed by atoms with E-state index in [1.54, 1.807) is 0 Å². The van der Waals surface area contributed by atoms with Crippen molar-refractivity contribution in [2.45, 2.75) is 31.8 Å². The van der Waals surface area contributed by atoms with Crippen LogP contribution in [-0.2, 0) is 26.4 Å². The summed E-state index contributed by atoms with van der Waals surface area (Å²) in [7, 11) is 1.99. The molecule has 0 spiro atoms. The van der Waals surface area contributed by atoms with E-state index in [0.717, 1.165) is 19.4 Å². The Hall–Kier alpha value is -1.13. The van der Waals surface area contributed by atoms with Crippen LogP contribution >= 0.6 is 15.9 Å². The van der Waals surface area contributed by atoms with Crippen molar-refractivity contribution in [3.8, 4) is 0 Å². The van der Waals surface area contributed by atoms with Crippen LogP contribution in [0.2, 0.25) is 0 Å². The molecule has 1 aliphatic carbocycles. The summed E-state index contributed by atoms with van der Waals surface area (Å²) in [5.41, 5.74) is 4.21. The van der Waals surface area contributed by atoms with Crippen LogP contribution in [0.5, 0.6) is 0 Å². The van der Waals surface area contributed by atoms with Crippen LogP contribution in [0.3, 0.4) is 0 Å². The summed E-state index contributed by atoms with van der Waals surface area (Å²) >= 11 is 3.55. The van der Waals surface area contributed by atoms with E-state index in [0.29, 0.717) is 6.04 Å². The summed E-state index contributed by atoms with van der Waals surface area (Å²) in [6.07, 6.45) is 5.35. The van der Waals surface area contributed by atoms with Gasteiger partial charge in [0.05, 0.1) is 5.69 Å². The molecule has 1 heterocycles. The summed E-state index contributed by atoms with van der Waals surface area (Å²) in [6.45, 7) is 0.896. The molecule has 100 valence electrons. The van der Waals surface area contributed by atoms with Crippen molar-refractivity contribution >= 4 is 15.9 Å². The summed E-state index contributed by atoms with van der Waals surface area (Å²) < 4.78 is 3.12. The second-order valence-electron chi connectivity index (χ2n) is 5.18. The van der Waals surface area contributed by atoms with Gasteiger partial charge >= 0.3 is 0 Å². The first-order valence-corrected chi connectivity index (χ1v) is 7.49. The molecule has 2 aromatic rings. The van der Waals surface area contributed by atoms with Gasteiger partial charge in [0.15, 0.2) is 0 Å². The first-order chi connectivity index (χ1) is 9.22. The number of aryl methyl sites for hydroxylation is 2. The average Bonchev–Trinajstić information content (AvgIpc) is 2.82. The second kappa shape index (κ2) is 5.47. The van der Waals surface area contributed by atoms with Gasteiger partial charge in [-0.3, -0.25) is 4.68 Å². The van der Waals surface area contributed by atoms with Crippen LogP contribution in [0, 0.1) is 0 Å². The van der Waals surface area contributed by atoms with Crippen molar-refractivity contribution in [1.82, 2.24) is 15.1 Å². The Morgan fingerprint density at radius 3 is 3.05 bits per heavy atom. The Kier molecular flexibility index (Phi) is 3.71. The number of fused-ring (bicyclic) bond motifs is 1. The number of rotatable bonds is 3. The fourth-order valence-electron chi connectivity index (χ4n) is 2.72. The van der Waals surface area contributed by atoms with Crippen molar-refractivity contribution in [3.05, 3.63) is 51.8 Å². The van der Waals surface area contributed by atoms with Gasteiger partial charge in [0, 0.05) is 30.3 Å². The zero-order valence-electron chi connectivity index (χ0n) is 11.1. The second-order valence-corrected chi connectivity index (χ2v) is 6.10. The molecule has 1 aromatic carbocycles. The number of hydrogen-bond acceptors (Lipinski definition) is 2. The van der Waals surface area contributed by atoms with Crippen molar-refractivity contribution in [1.29, 1.82) is 0 Å². The molecule has 3 nitrogen and oxygen atoms in total. The Balaban J connectivity index is 1.63. The molecule has 0 bridgehead atoms. The third-order valence-electron chi connectivity index (χ3n) is 3.89. The van der Waals surface area contributed by atoms with E-state index in [9.17, 15) is 0 Å². The maximum atomic E-state index is 4.20. The standard InChI is InChI=1S/C15H18BrN3/c1-19-15(6-7-18-19)10-17-14-5-3-11-8-13(16)4-2-12(11)9-14/h2,4,6-8,14,17H,3,5,9-10H2,1H3. The van der Waals surface area contributed by atoms with Gasteiger partial charge in [-0.1, -0.05) is 22.0 Å². The lowest BCUT2D eigenvalue weighted by molar-refractivity contribution is 0.449. The van der Waals surface area contributed by atoms with E-state index in [2.05, 4.69) is 50.6 Å². The monoisotopic (exact) mass is 319 g/mol. The minimum absolute atomic E-state index is 0.573. The SMILES string of the molecule is Cn1nccc1CNC1CCc2cc(Br)ccc2C1. The lowest BCUT2D eigenvalue weighted by atomic mass is 9.88. The fraction of sp³-hybridized carbons (Fsp3) is 0.400. The molecule has 4 heteroatoms. The normalized spacial score (nSPS) is 18.3. The predicted molar refractivity (Wildman–Crippen MR) is 80.0 cm³/mol. The Bertz CT molecular complexity index is 577. The van der Waals surface area contributed by atoms with E-state index in [1.165, 1.54) is 27.7 Å². The van der Waals surface area contributed by atoms with Gasteiger partial charge in [-0.05, 0) is 48.6 Å². The molecule has 1 unspecified atom stereocenters. The van der Waals surface area contributed by atoms with Crippen LogP contribution in [0.15, 0.2) is 34.9 Å². The van der Waals surface area contributed by atoms with Gasteiger partial charge < -0.3 is 5.32 Å². The van der Waals surface area contributed by atoms with E-state index >= 15 is 0 Å². The maximum absolute atomic E-state index is 4.20. The lowest BCUT2D eigenvalue weighted by Gasteiger charge is -2.25. The minimum Gasteiger partial charge on any atom is -0.308 e. The smallest absolute Gasteiger partial charge is 0.0518 e. The zero-order chi connectivity index (χ0) is 13.2. The molecule has 1 aliphatic rings. The summed E-state index contributed by atoms with van der Waals surface area (Å²) in [6, 6.07) is 9.29. The van der Waals surface area contributed by atoms with Gasteiger partial charge in [-0.25, -0.2) is 0 Å². The van der Waals surface area contributed by atoms with Gasteiger partial charge in [0.2, 0.25) is 0 Å². The molecule has 0 saturated carbocycles. The van der Waals surface area contributed by atoms with Crippen molar-refractivity contribution in [3.63, 3.8) is 0 Å². The summed E-state index contributed by atoms with van der Waals surface area (Å²) in [5.74, 6) is 0. The minimum atomic E-state index is 0.573. The molecule has 0 saturated heterocycles. The van der Waals surface area contributed by atoms with E-state index < -0.39 is 0 Å². The first kappa shape index (κ1) is 12.9. The Morgan fingerprint density at radius 2 is 2.26 bits per heavy atom. The third kappa shape index (κ3) is 2.90. The Labute approximate surface area is 122 Å². The zero-order valence-corrected chi connectivity index (χ0v) is 12.7. The highest BCUT2D eigenvalue weighted by atomic mass is 79.9. The number of benzene rings is 1. The highest BCUT2D eigenvalue weighted by molar-refractivity contribution is 9.10. The van der Waals surface area contributed by atoms with Crippen LogP contribution in [0.25, 0.3) is 0 Å². The van der Waals surface area contributed by atoms with Crippen molar-refractivity contribution in [2.75, 3.05) is 0 Å². The van der Waals surface area contributed by atoms with E-state index in [1.807, 2.05) is 17.9 Å². The maximum Gasteiger partial charge on any atom is 0.0518 e. The first-order valence-electron chi connectivity index (χ1n) is 6.70. The number of aromatic nitrogens is 2. The van der Waals surface area contributed by atoms with Crippen LogP contribution in [0.4, 0.5) is 0 Å². The lowest BCUT2D eigenvalue weighted by Crippen LogP contribution is -2.34. The van der Waals surface area contributed by atoms with Crippen LogP contribution in [-0.4, -0.2) is 15.8 Å². The molecule has 0 radical (unpaired) electrons. The highest BCUT2D eigenvalue weighted by Crippen LogP contribution is 2.24. The van der Waals surface area contributed by atoms with Crippen LogP contribution in [0.1, 0.15) is 23.2 Å². The largest absolute Gasteiger partial charge is 0.308 e. The molecule has 0 amide bonds. The number of halogens is 1. The van der Waals surface area contributed by atoms with Crippen molar-refractivity contribution in [2.24, 2.45) is 7.05 Å². The number of nitrogens with zero attached hydrogens (tertiary/aromatic N) is 2. The van der Waals surface area contributed by atoms with Gasteiger partial charge in [0.1, 0.15) is 0 Å². The molecule has 1 atom stereocenters. The van der Waals surface area contributed by atoms with E-state index in [4.69, 9.17) is 0 Å². The average molecular weight is 320 g/mol. The molecular formula is C15H18BrN3. The molecule has 0 fully saturated rings. The summed E-state index contributed by atoms with van der Waals surface area (Å²) in [5, 5.41) is 7.85. The molecular weight excluding hydrogens is 302 g/mol. The molecule has 0 aliphatic heterocycles. The molecule has 19 heavy (non-hydrogen) atoms. The highest BCUT2D eigenvalue weighted by Gasteiger charge is 2.18. The van der Waals surface area contributed by atoms with Crippen molar-refractivity contribution < 1.29 is 0 Å². The Morgan fingerprint density at radius 1 is 1.37 bits per heavy atom.